The number of halogens is 1. The summed E-state index contributed by atoms with van der Waals surface area (Å²) in [7, 11) is 0. The SMILES string of the molecule is Cc1c(N2CCC3(CCNC3)CC2)nc(-c2ccc(C#N)c(F)c2)n(-c2ccc(C3CC3)nc2)c1=O. The van der Waals surface area contributed by atoms with Crippen LogP contribution in [0.25, 0.3) is 17.1 Å². The summed E-state index contributed by atoms with van der Waals surface area (Å²) in [5, 5.41) is 12.7. The number of nitriles is 1. The van der Waals surface area contributed by atoms with Crippen LogP contribution in [0.3, 0.4) is 0 Å². The lowest BCUT2D eigenvalue weighted by Gasteiger charge is -2.40. The molecule has 3 aromatic rings. The Morgan fingerprint density at radius 1 is 1.17 bits per heavy atom. The summed E-state index contributed by atoms with van der Waals surface area (Å²) in [6, 6.07) is 10.1. The fourth-order valence-electron chi connectivity index (χ4n) is 5.65. The van der Waals surface area contributed by atoms with Gasteiger partial charge >= 0.3 is 0 Å². The molecule has 3 aliphatic rings. The molecule has 6 rings (SSSR count). The molecule has 1 N–H and O–H groups in total. The lowest BCUT2D eigenvalue weighted by molar-refractivity contribution is 0.247. The van der Waals surface area contributed by atoms with Crippen molar-refractivity contribution >= 4 is 5.82 Å². The maximum Gasteiger partial charge on any atom is 0.263 e. The van der Waals surface area contributed by atoms with Gasteiger partial charge < -0.3 is 10.2 Å². The number of pyridine rings is 1. The number of rotatable bonds is 4. The van der Waals surface area contributed by atoms with E-state index in [4.69, 9.17) is 4.98 Å². The van der Waals surface area contributed by atoms with Crippen LogP contribution in [0.15, 0.2) is 41.3 Å². The summed E-state index contributed by atoms with van der Waals surface area (Å²) in [5.74, 6) is 0.878. The van der Waals surface area contributed by atoms with Gasteiger partial charge in [0.25, 0.3) is 5.56 Å². The zero-order valence-electron chi connectivity index (χ0n) is 20.4. The second kappa shape index (κ2) is 8.82. The summed E-state index contributed by atoms with van der Waals surface area (Å²) >= 11 is 0. The maximum absolute atomic E-state index is 14.7. The van der Waals surface area contributed by atoms with Crippen LogP contribution in [0.2, 0.25) is 0 Å². The van der Waals surface area contributed by atoms with Crippen molar-refractivity contribution in [3.63, 3.8) is 0 Å². The average Bonchev–Trinajstić information content (AvgIpc) is 3.66. The largest absolute Gasteiger partial charge is 0.356 e. The molecule has 0 amide bonds. The van der Waals surface area contributed by atoms with Crippen molar-refractivity contribution in [3.05, 3.63) is 69.5 Å². The van der Waals surface area contributed by atoms with Crippen LogP contribution in [0.1, 0.15) is 54.8 Å². The molecule has 0 radical (unpaired) electrons. The third kappa shape index (κ3) is 3.97. The van der Waals surface area contributed by atoms with Gasteiger partial charge in [-0.25, -0.2) is 9.37 Å². The zero-order chi connectivity index (χ0) is 24.9. The number of nitrogens with one attached hydrogen (secondary N) is 1. The van der Waals surface area contributed by atoms with Gasteiger partial charge in [-0.05, 0) is 81.3 Å². The minimum atomic E-state index is -0.631. The van der Waals surface area contributed by atoms with Crippen LogP contribution >= 0.6 is 0 Å². The molecule has 3 fully saturated rings. The predicted octanol–water partition coefficient (Wildman–Crippen LogP) is 4.07. The van der Waals surface area contributed by atoms with Crippen LogP contribution < -0.4 is 15.8 Å². The van der Waals surface area contributed by atoms with Crippen LogP contribution in [-0.4, -0.2) is 40.7 Å². The average molecular weight is 485 g/mol. The van der Waals surface area contributed by atoms with Gasteiger partial charge in [-0.1, -0.05) is 0 Å². The maximum atomic E-state index is 14.7. The first-order valence-electron chi connectivity index (χ1n) is 12.7. The quantitative estimate of drug-likeness (QED) is 0.601. The van der Waals surface area contributed by atoms with E-state index in [1.165, 1.54) is 23.1 Å². The highest BCUT2D eigenvalue weighted by atomic mass is 19.1. The van der Waals surface area contributed by atoms with Crippen LogP contribution in [0.4, 0.5) is 10.2 Å². The monoisotopic (exact) mass is 484 g/mol. The minimum Gasteiger partial charge on any atom is -0.356 e. The van der Waals surface area contributed by atoms with Crippen LogP contribution in [0.5, 0.6) is 0 Å². The standard InChI is InChI=1S/C28H29FN6O/c1-18-25(34-12-9-28(10-13-34)8-11-31-17-28)33-26(20-4-5-21(15-30)23(29)14-20)35(27(18)36)22-6-7-24(32-16-22)19-2-3-19/h4-7,14,16,19,31H,2-3,8-13,17H2,1H3. The van der Waals surface area contributed by atoms with Gasteiger partial charge in [0, 0.05) is 36.8 Å². The van der Waals surface area contributed by atoms with Gasteiger partial charge in [-0.2, -0.15) is 5.26 Å². The summed E-state index contributed by atoms with van der Waals surface area (Å²) in [5.41, 5.74) is 2.76. The molecule has 1 spiro atoms. The lowest BCUT2D eigenvalue weighted by atomic mass is 9.78. The van der Waals surface area contributed by atoms with Crippen molar-refractivity contribution in [1.82, 2.24) is 19.9 Å². The molecule has 2 aromatic heterocycles. The van der Waals surface area contributed by atoms with Gasteiger partial charge in [0.2, 0.25) is 0 Å². The van der Waals surface area contributed by atoms with Crippen molar-refractivity contribution < 1.29 is 4.39 Å². The Kier molecular flexibility index (Phi) is 5.60. The van der Waals surface area contributed by atoms with E-state index >= 15 is 0 Å². The third-order valence-electron chi connectivity index (χ3n) is 8.11. The summed E-state index contributed by atoms with van der Waals surface area (Å²) in [6.07, 6.45) is 7.29. The number of aromatic nitrogens is 3. The van der Waals surface area contributed by atoms with Crippen LogP contribution in [-0.2, 0) is 0 Å². The van der Waals surface area contributed by atoms with Crippen molar-refractivity contribution in [3.8, 4) is 23.1 Å². The molecule has 1 aliphatic carbocycles. The Hall–Kier alpha value is -3.57. The second-order valence-corrected chi connectivity index (χ2v) is 10.5. The number of piperidine rings is 1. The Bertz CT molecular complexity index is 1400. The Labute approximate surface area is 209 Å². The van der Waals surface area contributed by atoms with Crippen molar-refractivity contribution in [2.24, 2.45) is 5.41 Å². The van der Waals surface area contributed by atoms with E-state index in [0.717, 1.165) is 57.6 Å². The van der Waals surface area contributed by atoms with E-state index in [1.54, 1.807) is 12.3 Å². The first-order valence-corrected chi connectivity index (χ1v) is 12.7. The number of hydrogen-bond donors (Lipinski definition) is 1. The molecular formula is C28H29FN6O. The van der Waals surface area contributed by atoms with Gasteiger partial charge in [0.15, 0.2) is 0 Å². The van der Waals surface area contributed by atoms with E-state index in [2.05, 4.69) is 15.2 Å². The molecule has 2 aliphatic heterocycles. The van der Waals surface area contributed by atoms with Crippen molar-refractivity contribution in [2.75, 3.05) is 31.1 Å². The summed E-state index contributed by atoms with van der Waals surface area (Å²) in [4.78, 5) is 25.6. The second-order valence-electron chi connectivity index (χ2n) is 10.5. The zero-order valence-corrected chi connectivity index (χ0v) is 20.4. The van der Waals surface area contributed by atoms with E-state index in [-0.39, 0.29) is 11.1 Å². The topological polar surface area (TPSA) is 86.8 Å². The molecule has 8 heteroatoms. The molecule has 4 heterocycles. The highest BCUT2D eigenvalue weighted by Gasteiger charge is 2.38. The molecule has 7 nitrogen and oxygen atoms in total. The van der Waals surface area contributed by atoms with Gasteiger partial charge in [0.1, 0.15) is 23.5 Å². The molecule has 184 valence electrons. The molecule has 2 saturated heterocycles. The normalized spacial score (nSPS) is 19.0. The molecule has 36 heavy (non-hydrogen) atoms. The highest BCUT2D eigenvalue weighted by Crippen LogP contribution is 2.40. The molecule has 1 aromatic carbocycles. The van der Waals surface area contributed by atoms with Crippen molar-refractivity contribution in [1.29, 1.82) is 5.26 Å². The van der Waals surface area contributed by atoms with E-state index < -0.39 is 5.82 Å². The number of benzene rings is 1. The predicted molar refractivity (Wildman–Crippen MR) is 136 cm³/mol. The highest BCUT2D eigenvalue weighted by molar-refractivity contribution is 5.64. The molecule has 0 bridgehead atoms. The van der Waals surface area contributed by atoms with Gasteiger partial charge in [-0.15, -0.1) is 0 Å². The van der Waals surface area contributed by atoms with Gasteiger partial charge in [-0.3, -0.25) is 14.3 Å². The fourth-order valence-corrected chi connectivity index (χ4v) is 5.65. The Morgan fingerprint density at radius 3 is 2.58 bits per heavy atom. The number of hydrogen-bond acceptors (Lipinski definition) is 6. The molecular weight excluding hydrogens is 455 g/mol. The Morgan fingerprint density at radius 2 is 1.97 bits per heavy atom. The van der Waals surface area contributed by atoms with E-state index in [0.29, 0.717) is 39.8 Å². The van der Waals surface area contributed by atoms with Crippen LogP contribution in [0, 0.1) is 29.5 Å². The fraction of sp³-hybridized carbons (Fsp3) is 0.429. The van der Waals surface area contributed by atoms with E-state index in [9.17, 15) is 14.4 Å². The summed E-state index contributed by atoms with van der Waals surface area (Å²) < 4.78 is 16.2. The summed E-state index contributed by atoms with van der Waals surface area (Å²) in [6.45, 7) is 5.59. The number of nitrogens with zero attached hydrogens (tertiary/aromatic N) is 5. The van der Waals surface area contributed by atoms with Gasteiger partial charge in [0.05, 0.1) is 23.0 Å². The first kappa shape index (κ1) is 22.9. The third-order valence-corrected chi connectivity index (χ3v) is 8.11. The number of anilines is 1. The minimum absolute atomic E-state index is 0.0399. The van der Waals surface area contributed by atoms with Crippen molar-refractivity contribution in [2.45, 2.75) is 44.9 Å². The molecule has 0 unspecified atom stereocenters. The lowest BCUT2D eigenvalue weighted by Crippen LogP contribution is -2.43. The van der Waals surface area contributed by atoms with E-state index in [1.807, 2.05) is 25.1 Å². The smallest absolute Gasteiger partial charge is 0.263 e. The Balaban J connectivity index is 1.45. The first-order chi connectivity index (χ1) is 17.5. The molecule has 1 saturated carbocycles. The molecule has 0 atom stereocenters.